The highest BCUT2D eigenvalue weighted by atomic mass is 16.3. The van der Waals surface area contributed by atoms with Crippen LogP contribution in [-0.2, 0) is 4.79 Å². The smallest absolute Gasteiger partial charge is 0.220 e. The van der Waals surface area contributed by atoms with Crippen LogP contribution >= 0.6 is 0 Å². The van der Waals surface area contributed by atoms with E-state index < -0.39 is 12.1 Å². The number of rotatable bonds is 52. The van der Waals surface area contributed by atoms with E-state index in [1.807, 2.05) is 6.08 Å². The summed E-state index contributed by atoms with van der Waals surface area (Å²) in [7, 11) is 0. The molecule has 2 atom stereocenters. The van der Waals surface area contributed by atoms with Crippen LogP contribution in [-0.4, -0.2) is 34.9 Å². The molecule has 374 valence electrons. The fourth-order valence-electron chi connectivity index (χ4n) is 8.62. The van der Waals surface area contributed by atoms with Crippen molar-refractivity contribution in [1.29, 1.82) is 0 Å². The summed E-state index contributed by atoms with van der Waals surface area (Å²) in [4.78, 5) is 12.4. The zero-order valence-electron chi connectivity index (χ0n) is 43.1. The van der Waals surface area contributed by atoms with Gasteiger partial charge in [0, 0.05) is 6.42 Å². The first-order valence-corrected chi connectivity index (χ1v) is 28.5. The second-order valence-electron chi connectivity index (χ2n) is 19.3. The highest BCUT2D eigenvalue weighted by Crippen LogP contribution is 2.17. The molecule has 0 aromatic carbocycles. The molecule has 64 heavy (non-hydrogen) atoms. The number of unbranched alkanes of at least 4 members (excludes halogenated alkanes) is 37. The number of carbonyl (C=O) groups is 1. The average molecular weight is 895 g/mol. The molecule has 4 nitrogen and oxygen atoms in total. The maximum Gasteiger partial charge on any atom is 0.220 e. The fraction of sp³-hybridized carbons (Fsp3) is 0.817. The van der Waals surface area contributed by atoms with Crippen LogP contribution in [0.15, 0.2) is 60.8 Å². The number of hydrogen-bond donors (Lipinski definition) is 3. The second-order valence-corrected chi connectivity index (χ2v) is 19.3. The molecule has 0 aromatic heterocycles. The van der Waals surface area contributed by atoms with Crippen molar-refractivity contribution in [2.24, 2.45) is 0 Å². The zero-order valence-corrected chi connectivity index (χ0v) is 43.1. The van der Waals surface area contributed by atoms with Crippen molar-refractivity contribution in [3.63, 3.8) is 0 Å². The summed E-state index contributed by atoms with van der Waals surface area (Å²) in [5.41, 5.74) is 0. The van der Waals surface area contributed by atoms with Gasteiger partial charge in [0.2, 0.25) is 5.91 Å². The Labute approximate surface area is 400 Å². The Kier molecular flexibility index (Phi) is 53.8. The molecular weight excluding hydrogens is 783 g/mol. The van der Waals surface area contributed by atoms with Gasteiger partial charge in [-0.2, -0.15) is 0 Å². The minimum absolute atomic E-state index is 0.0854. The molecule has 1 amide bonds. The Balaban J connectivity index is 3.52. The van der Waals surface area contributed by atoms with E-state index in [-0.39, 0.29) is 12.5 Å². The van der Waals surface area contributed by atoms with E-state index in [1.165, 1.54) is 218 Å². The molecule has 0 bridgehead atoms. The summed E-state index contributed by atoms with van der Waals surface area (Å²) >= 11 is 0. The predicted molar refractivity (Wildman–Crippen MR) is 285 cm³/mol. The molecule has 3 N–H and O–H groups in total. The van der Waals surface area contributed by atoms with Crippen LogP contribution in [0, 0.1) is 0 Å². The lowest BCUT2D eigenvalue weighted by atomic mass is 10.0. The van der Waals surface area contributed by atoms with Crippen molar-refractivity contribution >= 4 is 5.91 Å². The summed E-state index contributed by atoms with van der Waals surface area (Å²) < 4.78 is 0. The molecule has 0 aromatic rings. The lowest BCUT2D eigenvalue weighted by molar-refractivity contribution is -0.123. The minimum Gasteiger partial charge on any atom is -0.394 e. The summed E-state index contributed by atoms with van der Waals surface area (Å²) in [5, 5.41) is 23.1. The van der Waals surface area contributed by atoms with Crippen LogP contribution in [0.4, 0.5) is 0 Å². The van der Waals surface area contributed by atoms with Gasteiger partial charge in [0.15, 0.2) is 0 Å². The summed E-state index contributed by atoms with van der Waals surface area (Å²) in [6.45, 7) is 4.28. The van der Waals surface area contributed by atoms with E-state index in [2.05, 4.69) is 67.8 Å². The van der Waals surface area contributed by atoms with Crippen molar-refractivity contribution in [3.8, 4) is 0 Å². The van der Waals surface area contributed by atoms with E-state index in [0.29, 0.717) is 6.42 Å². The van der Waals surface area contributed by atoms with Crippen LogP contribution in [0.25, 0.3) is 0 Å². The topological polar surface area (TPSA) is 69.6 Å². The first-order chi connectivity index (χ1) is 31.7. The van der Waals surface area contributed by atoms with Gasteiger partial charge < -0.3 is 15.5 Å². The maximum absolute atomic E-state index is 12.4. The molecule has 0 saturated heterocycles. The van der Waals surface area contributed by atoms with E-state index in [4.69, 9.17) is 0 Å². The maximum atomic E-state index is 12.4. The predicted octanol–water partition coefficient (Wildman–Crippen LogP) is 18.8. The molecule has 0 rings (SSSR count). The van der Waals surface area contributed by atoms with Crippen LogP contribution in [0.2, 0.25) is 0 Å². The van der Waals surface area contributed by atoms with Gasteiger partial charge in [0.25, 0.3) is 0 Å². The Morgan fingerprint density at radius 1 is 0.375 bits per heavy atom. The lowest BCUT2D eigenvalue weighted by Crippen LogP contribution is -2.45. The third-order valence-electron chi connectivity index (χ3n) is 13.0. The van der Waals surface area contributed by atoms with E-state index in [1.54, 1.807) is 6.08 Å². The van der Waals surface area contributed by atoms with Gasteiger partial charge >= 0.3 is 0 Å². The number of hydrogen-bond acceptors (Lipinski definition) is 3. The van der Waals surface area contributed by atoms with Crippen LogP contribution < -0.4 is 5.32 Å². The third-order valence-corrected chi connectivity index (χ3v) is 13.0. The summed E-state index contributed by atoms with van der Waals surface area (Å²) in [5.74, 6) is -0.0854. The number of allylic oxidation sites excluding steroid dienone is 9. The van der Waals surface area contributed by atoms with E-state index >= 15 is 0 Å². The Hall–Kier alpha value is -1.91. The van der Waals surface area contributed by atoms with Gasteiger partial charge in [0.1, 0.15) is 0 Å². The zero-order chi connectivity index (χ0) is 46.3. The largest absolute Gasteiger partial charge is 0.394 e. The molecule has 2 unspecified atom stereocenters. The van der Waals surface area contributed by atoms with Crippen molar-refractivity contribution in [2.45, 2.75) is 309 Å². The number of aliphatic hydroxyl groups excluding tert-OH is 2. The average Bonchev–Trinajstić information content (AvgIpc) is 3.30. The molecule has 0 aliphatic rings. The number of amides is 1. The number of carbonyl (C=O) groups excluding carboxylic acids is 1. The lowest BCUT2D eigenvalue weighted by Gasteiger charge is -2.19. The molecular formula is C60H111NO3. The van der Waals surface area contributed by atoms with Gasteiger partial charge in [-0.15, -0.1) is 0 Å². The van der Waals surface area contributed by atoms with Gasteiger partial charge in [-0.1, -0.05) is 280 Å². The van der Waals surface area contributed by atoms with Crippen LogP contribution in [0.5, 0.6) is 0 Å². The van der Waals surface area contributed by atoms with Gasteiger partial charge in [-0.05, 0) is 70.6 Å². The number of aliphatic hydroxyl groups is 2. The first-order valence-electron chi connectivity index (χ1n) is 28.5. The van der Waals surface area contributed by atoms with Crippen LogP contribution in [0.3, 0.4) is 0 Å². The first kappa shape index (κ1) is 62.1. The van der Waals surface area contributed by atoms with Gasteiger partial charge in [-0.3, -0.25) is 4.79 Å². The second kappa shape index (κ2) is 55.4. The highest BCUT2D eigenvalue weighted by Gasteiger charge is 2.18. The van der Waals surface area contributed by atoms with Crippen molar-refractivity contribution < 1.29 is 15.0 Å². The fourth-order valence-corrected chi connectivity index (χ4v) is 8.62. The van der Waals surface area contributed by atoms with Crippen molar-refractivity contribution in [1.82, 2.24) is 5.32 Å². The molecule has 0 heterocycles. The minimum atomic E-state index is -0.872. The Bertz CT molecular complexity index is 1060. The van der Waals surface area contributed by atoms with E-state index in [0.717, 1.165) is 57.8 Å². The molecule has 0 radical (unpaired) electrons. The van der Waals surface area contributed by atoms with Crippen molar-refractivity contribution in [3.05, 3.63) is 60.8 Å². The molecule has 0 aliphatic carbocycles. The van der Waals surface area contributed by atoms with Crippen LogP contribution in [0.1, 0.15) is 296 Å². The molecule has 0 saturated carbocycles. The SMILES string of the molecule is CCCCC/C=C\C/C=C\C/C=C\CCCCCCCCC(=O)NC(CO)C(O)/C=C/CC/C=C/CCCCCCCCCCCCCCCCCCCCCCCCCCCCC. The monoisotopic (exact) mass is 894 g/mol. The normalized spacial score (nSPS) is 13.2. The standard InChI is InChI=1S/C60H111NO3/c1-3-5-7-9-11-13-15-17-19-21-23-24-25-26-27-28-29-30-31-32-33-34-35-36-38-39-41-43-45-47-49-51-53-55-59(63)58(57-62)61-60(64)56-54-52-50-48-46-44-42-40-37-22-20-18-16-14-12-10-8-6-4-2/h12,14,18,20,37,40,45,47,53,55,58-59,62-63H,3-11,13,15-17,19,21-36,38-39,41-44,46,48-52,54,56-57H2,1-2H3,(H,61,64)/b14-12-,20-18-,40-37-,47-45+,55-53+. The molecule has 0 spiro atoms. The molecule has 0 fully saturated rings. The van der Waals surface area contributed by atoms with E-state index in [9.17, 15) is 15.0 Å². The summed E-state index contributed by atoms with van der Waals surface area (Å²) in [6.07, 6.45) is 78.2. The number of nitrogens with one attached hydrogen (secondary N) is 1. The highest BCUT2D eigenvalue weighted by molar-refractivity contribution is 5.76. The molecule has 0 aliphatic heterocycles. The van der Waals surface area contributed by atoms with Gasteiger partial charge in [0.05, 0.1) is 18.8 Å². The Morgan fingerprint density at radius 3 is 1.05 bits per heavy atom. The quantitative estimate of drug-likeness (QED) is 0.0421. The Morgan fingerprint density at radius 2 is 0.656 bits per heavy atom. The summed E-state index contributed by atoms with van der Waals surface area (Å²) in [6, 6.07) is -0.650. The van der Waals surface area contributed by atoms with Gasteiger partial charge in [-0.25, -0.2) is 0 Å². The third kappa shape index (κ3) is 51.1. The molecule has 4 heteroatoms. The van der Waals surface area contributed by atoms with Crippen molar-refractivity contribution in [2.75, 3.05) is 6.61 Å².